The Morgan fingerprint density at radius 2 is 2.35 bits per heavy atom. The average Bonchev–Trinajstić information content (AvgIpc) is 2.98. The zero-order chi connectivity index (χ0) is 14.4. The van der Waals surface area contributed by atoms with Crippen LogP contribution in [0.15, 0.2) is 52.9 Å². The van der Waals surface area contributed by atoms with Crippen LogP contribution in [0.4, 0.5) is 0 Å². The number of rotatable bonds is 4. The summed E-state index contributed by atoms with van der Waals surface area (Å²) in [4.78, 5) is 16.0. The number of carbonyl (C=O) groups is 1. The standard InChI is InChI=1S/C15H13N3O2/c1-11(12-4-2-6-17-10-12)18-15(19)13(9-16)8-14-5-3-7-20-14/h2-8,10-11H,1H3,(H,18,19). The SMILES string of the molecule is CC(NC(=O)C(C#N)=Cc1ccco1)c1cccnc1. The van der Waals surface area contributed by atoms with Gasteiger partial charge in [0.05, 0.1) is 12.3 Å². The number of nitrogens with one attached hydrogen (secondary N) is 1. The maximum Gasteiger partial charge on any atom is 0.262 e. The van der Waals surface area contributed by atoms with Crippen molar-refractivity contribution in [2.24, 2.45) is 0 Å². The Hall–Kier alpha value is -2.87. The van der Waals surface area contributed by atoms with E-state index in [0.717, 1.165) is 5.56 Å². The predicted molar refractivity (Wildman–Crippen MR) is 73.1 cm³/mol. The first-order chi connectivity index (χ1) is 9.70. The topological polar surface area (TPSA) is 78.9 Å². The first kappa shape index (κ1) is 13.6. The Labute approximate surface area is 116 Å². The van der Waals surface area contributed by atoms with Crippen LogP contribution in [-0.2, 0) is 4.79 Å². The second-order valence-electron chi connectivity index (χ2n) is 4.17. The van der Waals surface area contributed by atoms with Crippen molar-refractivity contribution in [2.45, 2.75) is 13.0 Å². The number of carbonyl (C=O) groups excluding carboxylic acids is 1. The van der Waals surface area contributed by atoms with Gasteiger partial charge in [0, 0.05) is 18.5 Å². The van der Waals surface area contributed by atoms with Gasteiger partial charge < -0.3 is 9.73 Å². The number of nitriles is 1. The van der Waals surface area contributed by atoms with E-state index in [1.54, 1.807) is 30.6 Å². The lowest BCUT2D eigenvalue weighted by Gasteiger charge is -2.13. The Morgan fingerprint density at radius 1 is 1.50 bits per heavy atom. The van der Waals surface area contributed by atoms with E-state index in [0.29, 0.717) is 5.76 Å². The number of amides is 1. The van der Waals surface area contributed by atoms with Crippen molar-refractivity contribution in [1.29, 1.82) is 5.26 Å². The van der Waals surface area contributed by atoms with Crippen LogP contribution in [0, 0.1) is 11.3 Å². The number of pyridine rings is 1. The van der Waals surface area contributed by atoms with Gasteiger partial charge in [-0.2, -0.15) is 5.26 Å². The van der Waals surface area contributed by atoms with Crippen molar-refractivity contribution in [3.8, 4) is 6.07 Å². The molecule has 1 atom stereocenters. The van der Waals surface area contributed by atoms with E-state index in [-0.39, 0.29) is 11.6 Å². The molecule has 2 aromatic rings. The van der Waals surface area contributed by atoms with E-state index in [4.69, 9.17) is 9.68 Å². The molecule has 5 nitrogen and oxygen atoms in total. The van der Waals surface area contributed by atoms with Crippen molar-refractivity contribution >= 4 is 12.0 Å². The summed E-state index contributed by atoms with van der Waals surface area (Å²) >= 11 is 0. The smallest absolute Gasteiger partial charge is 0.262 e. The highest BCUT2D eigenvalue weighted by atomic mass is 16.3. The molecule has 2 aromatic heterocycles. The number of hydrogen-bond acceptors (Lipinski definition) is 4. The van der Waals surface area contributed by atoms with Gasteiger partial charge in [0.25, 0.3) is 5.91 Å². The molecule has 1 amide bonds. The van der Waals surface area contributed by atoms with Crippen LogP contribution >= 0.6 is 0 Å². The third-order valence-electron chi connectivity index (χ3n) is 2.73. The molecule has 0 bridgehead atoms. The van der Waals surface area contributed by atoms with Gasteiger partial charge >= 0.3 is 0 Å². The Morgan fingerprint density at radius 3 is 2.95 bits per heavy atom. The van der Waals surface area contributed by atoms with Crippen LogP contribution in [-0.4, -0.2) is 10.9 Å². The molecule has 1 N–H and O–H groups in total. The Balaban J connectivity index is 2.09. The fourth-order valence-electron chi connectivity index (χ4n) is 1.65. The molecular weight excluding hydrogens is 254 g/mol. The van der Waals surface area contributed by atoms with Gasteiger partial charge in [0.15, 0.2) is 0 Å². The summed E-state index contributed by atoms with van der Waals surface area (Å²) < 4.78 is 5.09. The number of furan rings is 1. The molecule has 1 unspecified atom stereocenters. The minimum absolute atomic E-state index is 0.00399. The molecule has 0 radical (unpaired) electrons. The van der Waals surface area contributed by atoms with Gasteiger partial charge in [-0.05, 0) is 30.7 Å². The minimum atomic E-state index is -0.444. The van der Waals surface area contributed by atoms with Gasteiger partial charge in [0.2, 0.25) is 0 Å². The highest BCUT2D eigenvalue weighted by molar-refractivity contribution is 6.01. The van der Waals surface area contributed by atoms with Crippen molar-refractivity contribution in [3.05, 3.63) is 59.8 Å². The van der Waals surface area contributed by atoms with E-state index < -0.39 is 5.91 Å². The summed E-state index contributed by atoms with van der Waals surface area (Å²) in [6.07, 6.45) is 6.23. The van der Waals surface area contributed by atoms with Crippen LogP contribution in [0.5, 0.6) is 0 Å². The molecule has 0 aliphatic carbocycles. The maximum absolute atomic E-state index is 12.0. The Bertz CT molecular complexity index is 640. The molecule has 0 spiro atoms. The second kappa shape index (κ2) is 6.34. The lowest BCUT2D eigenvalue weighted by atomic mass is 10.1. The molecule has 0 aromatic carbocycles. The van der Waals surface area contributed by atoms with E-state index in [9.17, 15) is 4.79 Å². The van der Waals surface area contributed by atoms with E-state index in [2.05, 4.69) is 10.3 Å². The van der Waals surface area contributed by atoms with Gasteiger partial charge in [0.1, 0.15) is 17.4 Å². The summed E-state index contributed by atoms with van der Waals surface area (Å²) in [7, 11) is 0. The molecule has 0 aliphatic rings. The minimum Gasteiger partial charge on any atom is -0.465 e. The van der Waals surface area contributed by atoms with Gasteiger partial charge in [-0.25, -0.2) is 0 Å². The molecule has 0 saturated carbocycles. The second-order valence-corrected chi connectivity index (χ2v) is 4.17. The summed E-state index contributed by atoms with van der Waals surface area (Å²) in [6.45, 7) is 1.83. The van der Waals surface area contributed by atoms with Crippen LogP contribution in [0.25, 0.3) is 6.08 Å². The van der Waals surface area contributed by atoms with E-state index in [1.165, 1.54) is 12.3 Å². The number of nitrogens with zero attached hydrogens (tertiary/aromatic N) is 2. The molecule has 0 fully saturated rings. The number of aromatic nitrogens is 1. The normalized spacial score (nSPS) is 12.5. The van der Waals surface area contributed by atoms with Crippen molar-refractivity contribution in [3.63, 3.8) is 0 Å². The first-order valence-electron chi connectivity index (χ1n) is 6.07. The molecule has 0 saturated heterocycles. The van der Waals surface area contributed by atoms with Crippen molar-refractivity contribution in [2.75, 3.05) is 0 Å². The van der Waals surface area contributed by atoms with E-state index in [1.807, 2.05) is 19.1 Å². The van der Waals surface area contributed by atoms with E-state index >= 15 is 0 Å². The van der Waals surface area contributed by atoms with Crippen molar-refractivity contribution < 1.29 is 9.21 Å². The van der Waals surface area contributed by atoms with Gasteiger partial charge in [-0.3, -0.25) is 9.78 Å². The van der Waals surface area contributed by atoms with Crippen molar-refractivity contribution in [1.82, 2.24) is 10.3 Å². The quantitative estimate of drug-likeness (QED) is 0.681. The predicted octanol–water partition coefficient (Wildman–Crippen LogP) is 2.46. The summed E-state index contributed by atoms with van der Waals surface area (Å²) in [5, 5.41) is 11.8. The molecule has 2 heterocycles. The Kier molecular flexibility index (Phi) is 4.30. The monoisotopic (exact) mass is 267 g/mol. The first-order valence-corrected chi connectivity index (χ1v) is 6.07. The molecule has 0 aliphatic heterocycles. The molecule has 2 rings (SSSR count). The molecule has 20 heavy (non-hydrogen) atoms. The largest absolute Gasteiger partial charge is 0.465 e. The van der Waals surface area contributed by atoms with Crippen LogP contribution in [0.1, 0.15) is 24.3 Å². The third-order valence-corrected chi connectivity index (χ3v) is 2.73. The summed E-state index contributed by atoms with van der Waals surface area (Å²) in [5.41, 5.74) is 0.867. The average molecular weight is 267 g/mol. The number of hydrogen-bond donors (Lipinski definition) is 1. The van der Waals surface area contributed by atoms with Crippen LogP contribution in [0.3, 0.4) is 0 Å². The zero-order valence-electron chi connectivity index (χ0n) is 10.9. The molecular formula is C15H13N3O2. The van der Waals surface area contributed by atoms with Crippen LogP contribution in [0.2, 0.25) is 0 Å². The fourth-order valence-corrected chi connectivity index (χ4v) is 1.65. The zero-order valence-corrected chi connectivity index (χ0v) is 10.9. The fraction of sp³-hybridized carbons (Fsp3) is 0.133. The summed E-state index contributed by atoms with van der Waals surface area (Å²) in [5.74, 6) is 0.0194. The summed E-state index contributed by atoms with van der Waals surface area (Å²) in [6, 6.07) is 8.66. The third kappa shape index (κ3) is 3.33. The van der Waals surface area contributed by atoms with Gasteiger partial charge in [-0.15, -0.1) is 0 Å². The lowest BCUT2D eigenvalue weighted by Crippen LogP contribution is -2.27. The van der Waals surface area contributed by atoms with Crippen LogP contribution < -0.4 is 5.32 Å². The molecule has 5 heteroatoms. The van der Waals surface area contributed by atoms with Gasteiger partial charge in [-0.1, -0.05) is 6.07 Å². The highest BCUT2D eigenvalue weighted by Crippen LogP contribution is 2.12. The lowest BCUT2D eigenvalue weighted by molar-refractivity contribution is -0.117. The maximum atomic E-state index is 12.0. The molecule has 100 valence electrons. The highest BCUT2D eigenvalue weighted by Gasteiger charge is 2.14.